The van der Waals surface area contributed by atoms with Crippen molar-refractivity contribution in [2.45, 2.75) is 19.8 Å². The predicted octanol–water partition coefficient (Wildman–Crippen LogP) is 2.06. The van der Waals surface area contributed by atoms with Crippen LogP contribution in [0.15, 0.2) is 29.3 Å². The van der Waals surface area contributed by atoms with E-state index in [9.17, 15) is 18.0 Å². The molecule has 0 heterocycles. The molecule has 0 fully saturated rings. The van der Waals surface area contributed by atoms with E-state index in [1.54, 1.807) is 13.0 Å². The monoisotopic (exact) mass is 347 g/mol. The number of esters is 1. The number of nitrogens with zero attached hydrogens (tertiary/aromatic N) is 1. The number of rotatable bonds is 6. The van der Waals surface area contributed by atoms with Gasteiger partial charge in [0.25, 0.3) is 0 Å². The molecule has 1 aromatic carbocycles. The second-order valence-electron chi connectivity index (χ2n) is 4.89. The van der Waals surface area contributed by atoms with Crippen molar-refractivity contribution in [2.24, 2.45) is 10.9 Å². The maximum absolute atomic E-state index is 12.4. The highest BCUT2D eigenvalue weighted by atomic mass is 19.4. The average molecular weight is 347 g/mol. The van der Waals surface area contributed by atoms with Crippen molar-refractivity contribution in [1.29, 1.82) is 0 Å². The van der Waals surface area contributed by atoms with Crippen LogP contribution in [0.25, 0.3) is 0 Å². The Kier molecular flexibility index (Phi) is 7.34. The largest absolute Gasteiger partial charge is 0.573 e. The van der Waals surface area contributed by atoms with Gasteiger partial charge in [0.05, 0.1) is 13.0 Å². The molecule has 9 heteroatoms. The van der Waals surface area contributed by atoms with E-state index >= 15 is 0 Å². The second kappa shape index (κ2) is 8.99. The lowest BCUT2D eigenvalue weighted by Gasteiger charge is -2.16. The molecule has 0 amide bonds. The number of carbonyl (C=O) groups is 1. The summed E-state index contributed by atoms with van der Waals surface area (Å²) >= 11 is 0. The van der Waals surface area contributed by atoms with Crippen LogP contribution in [0.5, 0.6) is 5.75 Å². The molecule has 0 saturated carbocycles. The van der Waals surface area contributed by atoms with Crippen molar-refractivity contribution >= 4 is 11.9 Å². The minimum Gasteiger partial charge on any atom is -0.469 e. The highest BCUT2D eigenvalue weighted by Gasteiger charge is 2.31. The molecule has 134 valence electrons. The molecule has 1 aromatic rings. The number of guanidine groups is 1. The number of alkyl halides is 3. The van der Waals surface area contributed by atoms with Gasteiger partial charge >= 0.3 is 12.3 Å². The lowest BCUT2D eigenvalue weighted by Crippen LogP contribution is -2.40. The van der Waals surface area contributed by atoms with E-state index in [2.05, 4.69) is 25.1 Å². The number of aliphatic imine (C=N–C) groups is 1. The predicted molar refractivity (Wildman–Crippen MR) is 82.5 cm³/mol. The zero-order valence-corrected chi connectivity index (χ0v) is 13.6. The number of hydrogen-bond donors (Lipinski definition) is 2. The van der Waals surface area contributed by atoms with E-state index in [-0.39, 0.29) is 24.8 Å². The summed E-state index contributed by atoms with van der Waals surface area (Å²) in [6, 6.07) is 5.81. The van der Waals surface area contributed by atoms with Gasteiger partial charge in [0.2, 0.25) is 0 Å². The molecule has 0 aliphatic heterocycles. The van der Waals surface area contributed by atoms with Gasteiger partial charge in [-0.05, 0) is 6.07 Å². The topological polar surface area (TPSA) is 72.0 Å². The van der Waals surface area contributed by atoms with E-state index < -0.39 is 12.3 Å². The highest BCUT2D eigenvalue weighted by molar-refractivity contribution is 5.80. The van der Waals surface area contributed by atoms with E-state index in [4.69, 9.17) is 0 Å². The summed E-state index contributed by atoms with van der Waals surface area (Å²) in [6.45, 7) is 2.02. The van der Waals surface area contributed by atoms with E-state index in [1.165, 1.54) is 32.4 Å². The Hall–Kier alpha value is -2.45. The summed E-state index contributed by atoms with van der Waals surface area (Å²) in [6.07, 6.45) is -4.76. The Balaban J connectivity index is 2.62. The van der Waals surface area contributed by atoms with Crippen LogP contribution in [-0.2, 0) is 16.1 Å². The molecule has 0 aliphatic rings. The van der Waals surface area contributed by atoms with Crippen LogP contribution in [0.3, 0.4) is 0 Å². The summed E-state index contributed by atoms with van der Waals surface area (Å²) in [5.41, 5.74) is 0.318. The smallest absolute Gasteiger partial charge is 0.469 e. The molecular formula is C15H20F3N3O3. The third kappa shape index (κ3) is 6.76. The Morgan fingerprint density at radius 3 is 2.54 bits per heavy atom. The van der Waals surface area contributed by atoms with E-state index in [0.29, 0.717) is 11.5 Å². The molecule has 0 aromatic heterocycles. The molecule has 24 heavy (non-hydrogen) atoms. The minimum atomic E-state index is -4.76. The van der Waals surface area contributed by atoms with Crippen molar-refractivity contribution in [2.75, 3.05) is 20.7 Å². The summed E-state index contributed by atoms with van der Waals surface area (Å²) < 4.78 is 45.7. The number of hydrogen-bond acceptors (Lipinski definition) is 4. The van der Waals surface area contributed by atoms with Crippen LogP contribution in [0.4, 0.5) is 13.2 Å². The fourth-order valence-electron chi connectivity index (χ4n) is 1.81. The standard InChI is InChI=1S/C15H20F3N3O3/c1-10(13(22)23-3)8-20-14(19-2)21-9-11-6-4-5-7-12(11)24-15(16,17)18/h4-7,10H,8-9H2,1-3H3,(H2,19,20,21). The molecular weight excluding hydrogens is 327 g/mol. The molecule has 0 aliphatic carbocycles. The van der Waals surface area contributed by atoms with E-state index in [1.807, 2.05) is 0 Å². The summed E-state index contributed by atoms with van der Waals surface area (Å²) in [5, 5.41) is 5.76. The molecule has 1 atom stereocenters. The fourth-order valence-corrected chi connectivity index (χ4v) is 1.81. The van der Waals surface area contributed by atoms with Crippen molar-refractivity contribution in [3.8, 4) is 5.75 Å². The maximum atomic E-state index is 12.4. The van der Waals surface area contributed by atoms with Gasteiger partial charge in [-0.25, -0.2) is 0 Å². The van der Waals surface area contributed by atoms with Gasteiger partial charge in [-0.15, -0.1) is 13.2 Å². The van der Waals surface area contributed by atoms with Gasteiger partial charge in [0.1, 0.15) is 5.75 Å². The lowest BCUT2D eigenvalue weighted by atomic mass is 10.2. The number of halogens is 3. The van der Waals surface area contributed by atoms with Crippen LogP contribution in [-0.4, -0.2) is 39.0 Å². The Morgan fingerprint density at radius 1 is 1.29 bits per heavy atom. The van der Waals surface area contributed by atoms with Crippen molar-refractivity contribution < 1.29 is 27.4 Å². The first kappa shape index (κ1) is 19.6. The van der Waals surface area contributed by atoms with Crippen molar-refractivity contribution in [1.82, 2.24) is 10.6 Å². The molecule has 6 nitrogen and oxygen atoms in total. The molecule has 0 bridgehead atoms. The SMILES string of the molecule is CN=C(NCc1ccccc1OC(F)(F)F)NCC(C)C(=O)OC. The number of para-hydroxylation sites is 1. The second-order valence-corrected chi connectivity index (χ2v) is 4.89. The number of nitrogens with one attached hydrogen (secondary N) is 2. The van der Waals surface area contributed by atoms with E-state index in [0.717, 1.165) is 0 Å². The average Bonchev–Trinajstić information content (AvgIpc) is 2.53. The van der Waals surface area contributed by atoms with Gasteiger partial charge in [-0.1, -0.05) is 25.1 Å². The summed E-state index contributed by atoms with van der Waals surface area (Å²) in [4.78, 5) is 15.3. The number of benzene rings is 1. The zero-order chi connectivity index (χ0) is 18.2. The summed E-state index contributed by atoms with van der Waals surface area (Å²) in [7, 11) is 2.81. The Morgan fingerprint density at radius 2 is 1.96 bits per heavy atom. The number of ether oxygens (including phenoxy) is 2. The molecule has 0 saturated heterocycles. The van der Waals surface area contributed by atoms with Gasteiger partial charge in [0.15, 0.2) is 5.96 Å². The first-order valence-corrected chi connectivity index (χ1v) is 7.12. The molecule has 1 rings (SSSR count). The van der Waals surface area contributed by atoms with Crippen LogP contribution in [0.2, 0.25) is 0 Å². The first-order valence-electron chi connectivity index (χ1n) is 7.12. The lowest BCUT2D eigenvalue weighted by molar-refractivity contribution is -0.274. The third-order valence-electron chi connectivity index (χ3n) is 3.05. The molecule has 2 N–H and O–H groups in total. The normalized spacial score (nSPS) is 13.2. The van der Waals surface area contributed by atoms with Crippen LogP contribution < -0.4 is 15.4 Å². The highest BCUT2D eigenvalue weighted by Crippen LogP contribution is 2.25. The third-order valence-corrected chi connectivity index (χ3v) is 3.05. The zero-order valence-electron chi connectivity index (χ0n) is 13.6. The van der Waals surface area contributed by atoms with Gasteiger partial charge in [-0.2, -0.15) is 0 Å². The Labute approximate surface area is 138 Å². The van der Waals surface area contributed by atoms with Crippen LogP contribution in [0.1, 0.15) is 12.5 Å². The number of carbonyl (C=O) groups excluding carboxylic acids is 1. The molecule has 0 spiro atoms. The van der Waals surface area contributed by atoms with Gasteiger partial charge in [0, 0.05) is 25.7 Å². The molecule has 0 radical (unpaired) electrons. The van der Waals surface area contributed by atoms with Crippen LogP contribution >= 0.6 is 0 Å². The molecule has 1 unspecified atom stereocenters. The quantitative estimate of drug-likeness (QED) is 0.468. The summed E-state index contributed by atoms with van der Waals surface area (Å²) in [5.74, 6) is -0.709. The Bertz CT molecular complexity index is 577. The first-order chi connectivity index (χ1) is 11.3. The van der Waals surface area contributed by atoms with Gasteiger partial charge in [-0.3, -0.25) is 9.79 Å². The number of methoxy groups -OCH3 is 1. The minimum absolute atomic E-state index is 0.0680. The van der Waals surface area contributed by atoms with Crippen molar-refractivity contribution in [3.63, 3.8) is 0 Å². The van der Waals surface area contributed by atoms with Gasteiger partial charge < -0.3 is 20.1 Å². The van der Waals surface area contributed by atoms with Crippen LogP contribution in [0, 0.1) is 5.92 Å². The fraction of sp³-hybridized carbons (Fsp3) is 0.467. The van der Waals surface area contributed by atoms with Crippen molar-refractivity contribution in [3.05, 3.63) is 29.8 Å². The maximum Gasteiger partial charge on any atom is 0.573 e.